The Kier molecular flexibility index (Phi) is 4.63. The molecular weight excluding hydrogens is 166 g/mol. The van der Waals surface area contributed by atoms with Crippen LogP contribution in [0.1, 0.15) is 13.3 Å². The van der Waals surface area contributed by atoms with E-state index in [0.717, 1.165) is 13.0 Å². The quantitative estimate of drug-likeness (QED) is 0.616. The van der Waals surface area contributed by atoms with Gasteiger partial charge in [0, 0.05) is 6.54 Å². The zero-order chi connectivity index (χ0) is 8.91. The van der Waals surface area contributed by atoms with Crippen LogP contribution in [-0.4, -0.2) is 43.8 Å². The molecule has 0 aromatic heterocycles. The first-order valence-corrected chi connectivity index (χ1v) is 5.20. The topological polar surface area (TPSA) is 57.6 Å². The Morgan fingerprint density at radius 1 is 1.36 bits per heavy atom. The first-order chi connectivity index (χ1) is 4.95. The molecule has 0 saturated carbocycles. The van der Waals surface area contributed by atoms with Gasteiger partial charge in [0.15, 0.2) is 0 Å². The van der Waals surface area contributed by atoms with Gasteiger partial charge in [-0.3, -0.25) is 4.55 Å². The molecule has 0 radical (unpaired) electrons. The zero-order valence-corrected chi connectivity index (χ0v) is 7.76. The Morgan fingerprint density at radius 3 is 2.27 bits per heavy atom. The third kappa shape index (κ3) is 7.77. The lowest BCUT2D eigenvalue weighted by molar-refractivity contribution is 0.349. The molecule has 0 rings (SSSR count). The monoisotopic (exact) mass is 181 g/mol. The smallest absolute Gasteiger partial charge is 0.266 e. The molecule has 68 valence electrons. The van der Waals surface area contributed by atoms with Gasteiger partial charge in [-0.05, 0) is 20.0 Å². The number of hydrogen-bond acceptors (Lipinski definition) is 3. The first kappa shape index (κ1) is 10.9. The predicted molar refractivity (Wildman–Crippen MR) is 44.2 cm³/mol. The van der Waals surface area contributed by atoms with Crippen LogP contribution >= 0.6 is 0 Å². The van der Waals surface area contributed by atoms with Gasteiger partial charge in [0.1, 0.15) is 0 Å². The van der Waals surface area contributed by atoms with Crippen LogP contribution in [-0.2, 0) is 10.1 Å². The lowest BCUT2D eigenvalue weighted by atomic mass is 10.4. The molecule has 0 unspecified atom stereocenters. The fourth-order valence-corrected chi connectivity index (χ4v) is 1.31. The highest BCUT2D eigenvalue weighted by Crippen LogP contribution is 1.88. The number of rotatable bonds is 5. The summed E-state index contributed by atoms with van der Waals surface area (Å²) >= 11 is 0. The second-order valence-electron chi connectivity index (χ2n) is 2.59. The molecule has 11 heavy (non-hydrogen) atoms. The fourth-order valence-electron chi connectivity index (χ4n) is 0.765. The van der Waals surface area contributed by atoms with Crippen molar-refractivity contribution in [3.63, 3.8) is 0 Å². The van der Waals surface area contributed by atoms with Gasteiger partial charge in [0.2, 0.25) is 0 Å². The summed E-state index contributed by atoms with van der Waals surface area (Å²) in [7, 11) is -1.95. The van der Waals surface area contributed by atoms with Crippen molar-refractivity contribution in [3.8, 4) is 0 Å². The molecule has 0 aliphatic heterocycles. The highest BCUT2D eigenvalue weighted by Gasteiger charge is 2.05. The minimum atomic E-state index is -3.78. The van der Waals surface area contributed by atoms with Crippen LogP contribution in [0.15, 0.2) is 0 Å². The molecule has 0 spiro atoms. The molecule has 5 heteroatoms. The van der Waals surface area contributed by atoms with Crippen molar-refractivity contribution in [2.45, 2.75) is 13.3 Å². The van der Waals surface area contributed by atoms with Crippen molar-refractivity contribution in [1.29, 1.82) is 0 Å². The van der Waals surface area contributed by atoms with E-state index in [9.17, 15) is 8.42 Å². The summed E-state index contributed by atoms with van der Waals surface area (Å²) in [5.41, 5.74) is 0. The SMILES string of the molecule is CCCN(C)CCS(=O)(=O)O. The van der Waals surface area contributed by atoms with Gasteiger partial charge in [-0.2, -0.15) is 8.42 Å². The van der Waals surface area contributed by atoms with Crippen LogP contribution in [0.2, 0.25) is 0 Å². The summed E-state index contributed by atoms with van der Waals surface area (Å²) in [5, 5.41) is 0. The van der Waals surface area contributed by atoms with Gasteiger partial charge in [-0.15, -0.1) is 0 Å². The minimum absolute atomic E-state index is 0.177. The van der Waals surface area contributed by atoms with Crippen LogP contribution in [0.4, 0.5) is 0 Å². The number of nitrogens with zero attached hydrogens (tertiary/aromatic N) is 1. The molecule has 0 bridgehead atoms. The van der Waals surface area contributed by atoms with Crippen LogP contribution in [0, 0.1) is 0 Å². The van der Waals surface area contributed by atoms with Crippen molar-refractivity contribution in [1.82, 2.24) is 4.90 Å². The van der Waals surface area contributed by atoms with E-state index < -0.39 is 10.1 Å². The van der Waals surface area contributed by atoms with Gasteiger partial charge >= 0.3 is 0 Å². The molecule has 4 nitrogen and oxygen atoms in total. The lowest BCUT2D eigenvalue weighted by Gasteiger charge is -2.13. The Balaban J connectivity index is 3.54. The van der Waals surface area contributed by atoms with Gasteiger partial charge in [-0.1, -0.05) is 6.92 Å². The highest BCUT2D eigenvalue weighted by molar-refractivity contribution is 7.85. The molecule has 0 aliphatic carbocycles. The molecule has 0 aliphatic rings. The lowest BCUT2D eigenvalue weighted by Crippen LogP contribution is -2.25. The summed E-state index contributed by atoms with van der Waals surface area (Å²) in [6.07, 6.45) is 0.988. The van der Waals surface area contributed by atoms with Crippen LogP contribution in [0.3, 0.4) is 0 Å². The van der Waals surface area contributed by atoms with Crippen molar-refractivity contribution >= 4 is 10.1 Å². The largest absolute Gasteiger partial charge is 0.305 e. The molecular formula is C6H15NO3S. The second-order valence-corrected chi connectivity index (χ2v) is 4.16. The van der Waals surface area contributed by atoms with Gasteiger partial charge in [0.05, 0.1) is 5.75 Å². The maximum atomic E-state index is 10.3. The summed E-state index contributed by atoms with van der Waals surface area (Å²) in [6.45, 7) is 3.27. The number of hydrogen-bond donors (Lipinski definition) is 1. The second kappa shape index (κ2) is 4.69. The van der Waals surface area contributed by atoms with E-state index >= 15 is 0 Å². The Hall–Kier alpha value is -0.130. The molecule has 0 amide bonds. The van der Waals surface area contributed by atoms with E-state index in [4.69, 9.17) is 4.55 Å². The summed E-state index contributed by atoms with van der Waals surface area (Å²) in [5.74, 6) is -0.177. The van der Waals surface area contributed by atoms with E-state index in [1.807, 2.05) is 18.9 Å². The molecule has 0 aromatic rings. The average Bonchev–Trinajstić information content (AvgIpc) is 1.83. The summed E-state index contributed by atoms with van der Waals surface area (Å²) in [4.78, 5) is 1.87. The normalized spacial score (nSPS) is 12.4. The van der Waals surface area contributed by atoms with E-state index in [0.29, 0.717) is 6.54 Å². The molecule has 0 heterocycles. The Labute approximate surface area is 68.0 Å². The molecule has 0 saturated heterocycles. The van der Waals surface area contributed by atoms with Gasteiger partial charge in [-0.25, -0.2) is 0 Å². The maximum absolute atomic E-state index is 10.3. The van der Waals surface area contributed by atoms with E-state index in [1.54, 1.807) is 0 Å². The fraction of sp³-hybridized carbons (Fsp3) is 1.00. The standard InChI is InChI=1S/C6H15NO3S/c1-3-4-7(2)5-6-11(8,9)10/h3-6H2,1-2H3,(H,8,9,10). The van der Waals surface area contributed by atoms with Crippen LogP contribution in [0.5, 0.6) is 0 Å². The molecule has 0 aromatic carbocycles. The molecule has 0 fully saturated rings. The predicted octanol–water partition coefficient (Wildman–Crippen LogP) is 0.216. The Bertz CT molecular complexity index is 188. The van der Waals surface area contributed by atoms with Gasteiger partial charge in [0.25, 0.3) is 10.1 Å². The van der Waals surface area contributed by atoms with Crippen LogP contribution < -0.4 is 0 Å². The van der Waals surface area contributed by atoms with Crippen molar-refractivity contribution in [2.75, 3.05) is 25.9 Å². The van der Waals surface area contributed by atoms with E-state index in [2.05, 4.69) is 0 Å². The van der Waals surface area contributed by atoms with Crippen molar-refractivity contribution in [3.05, 3.63) is 0 Å². The summed E-state index contributed by atoms with van der Waals surface area (Å²) in [6, 6.07) is 0. The maximum Gasteiger partial charge on any atom is 0.266 e. The third-order valence-electron chi connectivity index (χ3n) is 1.34. The van der Waals surface area contributed by atoms with Crippen molar-refractivity contribution < 1.29 is 13.0 Å². The summed E-state index contributed by atoms with van der Waals surface area (Å²) < 4.78 is 28.9. The third-order valence-corrected chi connectivity index (χ3v) is 2.03. The van der Waals surface area contributed by atoms with Crippen molar-refractivity contribution in [2.24, 2.45) is 0 Å². The Morgan fingerprint density at radius 2 is 1.91 bits per heavy atom. The van der Waals surface area contributed by atoms with Crippen LogP contribution in [0.25, 0.3) is 0 Å². The average molecular weight is 181 g/mol. The molecule has 1 N–H and O–H groups in total. The zero-order valence-electron chi connectivity index (χ0n) is 6.95. The minimum Gasteiger partial charge on any atom is -0.305 e. The van der Waals surface area contributed by atoms with Gasteiger partial charge < -0.3 is 4.90 Å². The first-order valence-electron chi connectivity index (χ1n) is 3.59. The van der Waals surface area contributed by atoms with E-state index in [1.165, 1.54) is 0 Å². The van der Waals surface area contributed by atoms with E-state index in [-0.39, 0.29) is 5.75 Å². The molecule has 0 atom stereocenters. The highest BCUT2D eigenvalue weighted by atomic mass is 32.2.